The second-order valence-electron chi connectivity index (χ2n) is 14.9. The Bertz CT molecular complexity index is 2970. The van der Waals surface area contributed by atoms with Gasteiger partial charge < -0.3 is 36.0 Å². The maximum Gasteiger partial charge on any atom is 0.335 e. The van der Waals surface area contributed by atoms with Crippen molar-refractivity contribution in [1.82, 2.24) is 0 Å². The maximum absolute atomic E-state index is 12.1. The maximum atomic E-state index is 12.1. The van der Waals surface area contributed by atoms with Crippen molar-refractivity contribution in [1.29, 1.82) is 0 Å². The Hall–Kier alpha value is -8.00. The van der Waals surface area contributed by atoms with Gasteiger partial charge in [0.1, 0.15) is 6.61 Å². The molecule has 6 rings (SSSR count). The first-order chi connectivity index (χ1) is 32.7. The number of carbonyl (C=O) groups is 6. The second-order valence-corrected chi connectivity index (χ2v) is 19.2. The average molecular weight is 980 g/mol. The van der Waals surface area contributed by atoms with Crippen LogP contribution in [0.2, 0.25) is 0 Å². The summed E-state index contributed by atoms with van der Waals surface area (Å²) in [5.74, 6) is -4.86. The molecule has 0 radical (unpaired) electrons. The van der Waals surface area contributed by atoms with E-state index < -0.39 is 49.4 Å². The number of carboxylic acid groups (broad SMARTS) is 3. The number of nitrogens with one attached hydrogen (secondary N) is 3. The van der Waals surface area contributed by atoms with Crippen molar-refractivity contribution in [2.24, 2.45) is 0 Å². The molecule has 19 heteroatoms. The first-order valence-corrected chi connectivity index (χ1v) is 24.1. The summed E-state index contributed by atoms with van der Waals surface area (Å²) >= 11 is 0. The number of aromatic carboxylic acids is 3. The summed E-state index contributed by atoms with van der Waals surface area (Å²) in [4.78, 5) is 68.5. The van der Waals surface area contributed by atoms with E-state index in [1.165, 1.54) is 72.8 Å². The highest BCUT2D eigenvalue weighted by Gasteiger charge is 2.18. The van der Waals surface area contributed by atoms with Gasteiger partial charge in [-0.1, -0.05) is 66.7 Å². The number of ether oxygens (including phenoxy) is 1. The number of benzene rings is 6. The first-order valence-electron chi connectivity index (χ1n) is 20.8. The standard InChI is InChI=1S/C17H17NO5S.C17H17NO4.C16H15NO5S/c1-12-11-13(7-8-15(12)17(20)21)18-16(19)9-10-24(22,23)14-5-3-2-4-6-14;1-12-9-14(7-8-15(12)17(20)21)18-16(19)11-22-10-13-5-3-2-4-6-13;18-15(17-13-8-6-12(7-9-13)16(19)20)10-11-23(21,22)14-4-2-1-3-5-14/h2-8,11H,9-10H2,1H3,(H,18,19)(H,20,21);2-9H,10-11H2,1H3,(H,18,19)(H,20,21);1-9H,10-11H2,(H,17,18)(H,19,20). The summed E-state index contributed by atoms with van der Waals surface area (Å²) in [5.41, 5.74) is 3.98. The molecule has 0 saturated carbocycles. The molecule has 0 aliphatic rings. The first kappa shape index (κ1) is 53.6. The summed E-state index contributed by atoms with van der Waals surface area (Å²) in [6, 6.07) is 40.1. The van der Waals surface area contributed by atoms with E-state index in [-0.39, 0.29) is 63.3 Å². The van der Waals surface area contributed by atoms with Crippen LogP contribution in [0.4, 0.5) is 17.1 Å². The van der Waals surface area contributed by atoms with Gasteiger partial charge in [0.25, 0.3) is 0 Å². The van der Waals surface area contributed by atoms with E-state index in [9.17, 15) is 45.6 Å². The second kappa shape index (κ2) is 25.8. The van der Waals surface area contributed by atoms with Gasteiger partial charge >= 0.3 is 17.9 Å². The molecule has 0 bridgehead atoms. The molecule has 0 fully saturated rings. The molecule has 17 nitrogen and oxygen atoms in total. The van der Waals surface area contributed by atoms with Gasteiger partial charge in [-0.25, -0.2) is 31.2 Å². The topological polar surface area (TPSA) is 277 Å². The van der Waals surface area contributed by atoms with Crippen molar-refractivity contribution in [3.05, 3.63) is 185 Å². The summed E-state index contributed by atoms with van der Waals surface area (Å²) in [5, 5.41) is 34.5. The molecular formula is C50H49N3O14S2. The van der Waals surface area contributed by atoms with Crippen LogP contribution in [-0.2, 0) is 45.4 Å². The number of carboxylic acids is 3. The van der Waals surface area contributed by atoms with Crippen molar-refractivity contribution >= 4 is 72.4 Å². The molecule has 0 spiro atoms. The quantitative estimate of drug-likeness (QED) is 0.0486. The third-order valence-electron chi connectivity index (χ3n) is 9.64. The minimum atomic E-state index is -3.51. The molecule has 0 aliphatic carbocycles. The number of aryl methyl sites for hydroxylation is 2. The Morgan fingerprint density at radius 1 is 0.464 bits per heavy atom. The number of anilines is 3. The average Bonchev–Trinajstić information content (AvgIpc) is 3.32. The molecule has 6 aromatic rings. The Labute approximate surface area is 398 Å². The highest BCUT2D eigenvalue weighted by atomic mass is 32.2. The summed E-state index contributed by atoms with van der Waals surface area (Å²) in [7, 11) is -7.02. The molecule has 0 unspecified atom stereocenters. The largest absolute Gasteiger partial charge is 0.478 e. The zero-order valence-corrected chi connectivity index (χ0v) is 39.0. The number of hydrogen-bond acceptors (Lipinski definition) is 11. The van der Waals surface area contributed by atoms with E-state index in [4.69, 9.17) is 20.1 Å². The molecule has 0 aromatic heterocycles. The predicted octanol–water partition coefficient (Wildman–Crippen LogP) is 7.53. The normalized spacial score (nSPS) is 10.8. The van der Waals surface area contributed by atoms with Crippen LogP contribution in [-0.4, -0.2) is 85.9 Å². The number of amides is 3. The highest BCUT2D eigenvalue weighted by Crippen LogP contribution is 2.18. The molecule has 69 heavy (non-hydrogen) atoms. The van der Waals surface area contributed by atoms with Crippen molar-refractivity contribution in [2.75, 3.05) is 34.1 Å². The Kier molecular flexibility index (Phi) is 20.0. The van der Waals surface area contributed by atoms with Gasteiger partial charge in [-0.15, -0.1) is 0 Å². The van der Waals surface area contributed by atoms with Crippen LogP contribution < -0.4 is 16.0 Å². The van der Waals surface area contributed by atoms with Crippen LogP contribution in [0.15, 0.2) is 161 Å². The van der Waals surface area contributed by atoms with E-state index in [1.54, 1.807) is 62.4 Å². The van der Waals surface area contributed by atoms with Gasteiger partial charge in [0.2, 0.25) is 17.7 Å². The number of sulfone groups is 2. The predicted molar refractivity (Wildman–Crippen MR) is 258 cm³/mol. The number of hydrogen-bond donors (Lipinski definition) is 6. The Morgan fingerprint density at radius 2 is 0.841 bits per heavy atom. The fraction of sp³-hybridized carbons (Fsp3) is 0.160. The van der Waals surface area contributed by atoms with Gasteiger partial charge in [-0.2, -0.15) is 0 Å². The van der Waals surface area contributed by atoms with Crippen LogP contribution in [0.25, 0.3) is 0 Å². The van der Waals surface area contributed by atoms with Gasteiger partial charge in [-0.3, -0.25) is 14.4 Å². The van der Waals surface area contributed by atoms with Gasteiger partial charge in [0.05, 0.1) is 44.6 Å². The molecular weight excluding hydrogens is 931 g/mol. The zero-order chi connectivity index (χ0) is 50.6. The lowest BCUT2D eigenvalue weighted by atomic mass is 10.1. The number of carbonyl (C=O) groups excluding carboxylic acids is 3. The fourth-order valence-corrected chi connectivity index (χ4v) is 8.61. The lowest BCUT2D eigenvalue weighted by Crippen LogP contribution is -2.18. The molecule has 6 N–H and O–H groups in total. The van der Waals surface area contributed by atoms with Gasteiger partial charge in [0.15, 0.2) is 19.7 Å². The van der Waals surface area contributed by atoms with Gasteiger partial charge in [-0.05, 0) is 115 Å². The van der Waals surface area contributed by atoms with Crippen molar-refractivity contribution in [3.63, 3.8) is 0 Å². The monoisotopic (exact) mass is 979 g/mol. The minimum Gasteiger partial charge on any atom is -0.478 e. The molecule has 0 heterocycles. The summed E-state index contributed by atoms with van der Waals surface area (Å²) < 4.78 is 53.7. The van der Waals surface area contributed by atoms with Crippen molar-refractivity contribution in [2.45, 2.75) is 43.1 Å². The van der Waals surface area contributed by atoms with E-state index >= 15 is 0 Å². The summed E-state index contributed by atoms with van der Waals surface area (Å²) in [6.07, 6.45) is -0.366. The third kappa shape index (κ3) is 18.0. The van der Waals surface area contributed by atoms with Crippen LogP contribution in [0.1, 0.15) is 60.6 Å². The molecule has 0 aliphatic heterocycles. The lowest BCUT2D eigenvalue weighted by Gasteiger charge is -2.08. The van der Waals surface area contributed by atoms with Crippen molar-refractivity contribution in [3.8, 4) is 0 Å². The molecule has 360 valence electrons. The van der Waals surface area contributed by atoms with Crippen molar-refractivity contribution < 1.29 is 65.7 Å². The van der Waals surface area contributed by atoms with Crippen LogP contribution in [0.3, 0.4) is 0 Å². The fourth-order valence-electron chi connectivity index (χ4n) is 6.08. The number of rotatable bonds is 18. The van der Waals surface area contributed by atoms with Crippen LogP contribution >= 0.6 is 0 Å². The van der Waals surface area contributed by atoms with Gasteiger partial charge in [0, 0.05) is 29.9 Å². The van der Waals surface area contributed by atoms with Crippen LogP contribution in [0, 0.1) is 13.8 Å². The Morgan fingerprint density at radius 3 is 1.23 bits per heavy atom. The Balaban J connectivity index is 0.000000226. The third-order valence-corrected chi connectivity index (χ3v) is 13.1. The molecule has 0 saturated heterocycles. The molecule has 0 atom stereocenters. The minimum absolute atomic E-state index is 0.0609. The molecule has 6 aromatic carbocycles. The summed E-state index contributed by atoms with van der Waals surface area (Å²) in [6.45, 7) is 3.61. The van der Waals surface area contributed by atoms with E-state index in [0.29, 0.717) is 34.8 Å². The lowest BCUT2D eigenvalue weighted by molar-refractivity contribution is -0.121. The van der Waals surface area contributed by atoms with E-state index in [0.717, 1.165) is 5.56 Å². The van der Waals surface area contributed by atoms with E-state index in [2.05, 4.69) is 16.0 Å². The van der Waals surface area contributed by atoms with Crippen LogP contribution in [0.5, 0.6) is 0 Å². The molecule has 3 amide bonds. The highest BCUT2D eigenvalue weighted by molar-refractivity contribution is 7.91. The zero-order valence-electron chi connectivity index (χ0n) is 37.3. The SMILES string of the molecule is Cc1cc(NC(=O)CCS(=O)(=O)c2ccccc2)ccc1C(=O)O.Cc1cc(NC(=O)COCc2ccccc2)ccc1C(=O)O.O=C(CCS(=O)(=O)c1ccccc1)Nc1ccc(C(=O)O)cc1. The smallest absolute Gasteiger partial charge is 0.335 e. The van der Waals surface area contributed by atoms with E-state index in [1.807, 2.05) is 30.3 Å².